The van der Waals surface area contributed by atoms with Crippen molar-refractivity contribution in [3.63, 3.8) is 0 Å². The summed E-state index contributed by atoms with van der Waals surface area (Å²) >= 11 is 0. The second-order valence-corrected chi connectivity index (χ2v) is 9.13. The van der Waals surface area contributed by atoms with Crippen LogP contribution >= 0.6 is 0 Å². The number of fused-ring (bicyclic) bond motifs is 2. The maximum Gasteiger partial charge on any atom is 0.336 e. The molecule has 3 aromatic rings. The monoisotopic (exact) mass is 385 g/mol. The van der Waals surface area contributed by atoms with Gasteiger partial charge < -0.3 is 5.11 Å². The Hall–Kier alpha value is -2.94. The van der Waals surface area contributed by atoms with Crippen molar-refractivity contribution in [2.24, 2.45) is 11.3 Å². The first-order valence-electron chi connectivity index (χ1n) is 10.2. The van der Waals surface area contributed by atoms with Gasteiger partial charge in [0.05, 0.1) is 16.8 Å². The molecule has 1 aliphatic carbocycles. The van der Waals surface area contributed by atoms with E-state index in [4.69, 9.17) is 4.98 Å². The number of carboxylic acid groups (broad SMARTS) is 1. The number of carboxylic acids is 1. The lowest BCUT2D eigenvalue weighted by Gasteiger charge is -2.36. The van der Waals surface area contributed by atoms with Crippen molar-refractivity contribution in [1.82, 2.24) is 4.98 Å². The van der Waals surface area contributed by atoms with Gasteiger partial charge in [-0.25, -0.2) is 9.78 Å². The summed E-state index contributed by atoms with van der Waals surface area (Å²) < 4.78 is 0. The van der Waals surface area contributed by atoms with E-state index < -0.39 is 5.97 Å². The number of aryl methyl sites for hydroxylation is 1. The van der Waals surface area contributed by atoms with E-state index in [1.807, 2.05) is 36.4 Å². The lowest BCUT2D eigenvalue weighted by Crippen LogP contribution is -2.28. The van der Waals surface area contributed by atoms with Gasteiger partial charge in [0.25, 0.3) is 0 Å². The highest BCUT2D eigenvalue weighted by Crippen LogP contribution is 2.44. The first-order chi connectivity index (χ1) is 13.8. The van der Waals surface area contributed by atoms with Gasteiger partial charge in [-0.05, 0) is 65.5 Å². The first-order valence-corrected chi connectivity index (χ1v) is 10.2. The van der Waals surface area contributed by atoms with E-state index >= 15 is 0 Å². The molecule has 0 amide bonds. The Kier molecular flexibility index (Phi) is 4.77. The van der Waals surface area contributed by atoms with Crippen LogP contribution in [0.25, 0.3) is 22.6 Å². The molecule has 1 aromatic heterocycles. The maximum atomic E-state index is 12.3. The van der Waals surface area contributed by atoms with Crippen LogP contribution in [-0.4, -0.2) is 16.1 Å². The predicted molar refractivity (Wildman–Crippen MR) is 119 cm³/mol. The van der Waals surface area contributed by atoms with Crippen LogP contribution in [-0.2, 0) is 6.42 Å². The normalized spacial score (nSPS) is 18.1. The van der Waals surface area contributed by atoms with E-state index in [0.717, 1.165) is 46.1 Å². The molecule has 0 aliphatic heterocycles. The summed E-state index contributed by atoms with van der Waals surface area (Å²) in [6.45, 7) is 8.82. The Labute approximate surface area is 172 Å². The predicted octanol–water partition coefficient (Wildman–Crippen LogP) is 6.39. The summed E-state index contributed by atoms with van der Waals surface area (Å²) in [5, 5.41) is 10.8. The SMILES string of the molecule is Cc1ccccc1C=C1CC(C(C)(C)C)Cc2c1nc1ccccc1c2C(=O)O. The van der Waals surface area contributed by atoms with Gasteiger partial charge in [-0.2, -0.15) is 0 Å². The van der Waals surface area contributed by atoms with Crippen molar-refractivity contribution < 1.29 is 9.90 Å². The fourth-order valence-electron chi connectivity index (χ4n) is 4.32. The molecule has 0 saturated heterocycles. The molecular weight excluding hydrogens is 358 g/mol. The summed E-state index contributed by atoms with van der Waals surface area (Å²) in [4.78, 5) is 17.3. The number of allylic oxidation sites excluding steroid dienone is 1. The van der Waals surface area contributed by atoms with Gasteiger partial charge in [-0.15, -0.1) is 0 Å². The Morgan fingerprint density at radius 1 is 1.07 bits per heavy atom. The van der Waals surface area contributed by atoms with Gasteiger partial charge in [-0.3, -0.25) is 0 Å². The molecule has 0 fully saturated rings. The molecule has 1 atom stereocenters. The standard InChI is InChI=1S/C26H27NO2/c1-16-9-5-6-10-17(16)13-18-14-19(26(2,3)4)15-21-23(25(28)29)20-11-7-8-12-22(20)27-24(18)21/h5-13,19H,14-15H2,1-4H3,(H,28,29). The molecule has 0 spiro atoms. The minimum atomic E-state index is -0.871. The van der Waals surface area contributed by atoms with Crippen LogP contribution < -0.4 is 0 Å². The zero-order chi connectivity index (χ0) is 20.8. The fraction of sp³-hybridized carbons (Fsp3) is 0.308. The Balaban J connectivity index is 2.02. The highest BCUT2D eigenvalue weighted by atomic mass is 16.4. The summed E-state index contributed by atoms with van der Waals surface area (Å²) in [7, 11) is 0. The molecule has 1 N–H and O–H groups in total. The topological polar surface area (TPSA) is 50.2 Å². The van der Waals surface area contributed by atoms with E-state index in [-0.39, 0.29) is 5.41 Å². The van der Waals surface area contributed by atoms with Gasteiger partial charge in [0.15, 0.2) is 0 Å². The number of nitrogens with zero attached hydrogens (tertiary/aromatic N) is 1. The lowest BCUT2D eigenvalue weighted by molar-refractivity contribution is 0.0696. The molecule has 1 unspecified atom stereocenters. The van der Waals surface area contributed by atoms with Gasteiger partial charge in [0.2, 0.25) is 0 Å². The van der Waals surface area contributed by atoms with Crippen molar-refractivity contribution in [1.29, 1.82) is 0 Å². The molecule has 2 aromatic carbocycles. The van der Waals surface area contributed by atoms with E-state index in [2.05, 4.69) is 45.9 Å². The molecule has 29 heavy (non-hydrogen) atoms. The minimum Gasteiger partial charge on any atom is -0.478 e. The lowest BCUT2D eigenvalue weighted by atomic mass is 9.69. The number of hydrogen-bond acceptors (Lipinski definition) is 2. The van der Waals surface area contributed by atoms with Crippen LogP contribution in [0, 0.1) is 18.3 Å². The number of rotatable bonds is 2. The van der Waals surface area contributed by atoms with Gasteiger partial charge in [-0.1, -0.05) is 63.2 Å². The maximum absolute atomic E-state index is 12.3. The van der Waals surface area contributed by atoms with Crippen molar-refractivity contribution in [2.75, 3.05) is 0 Å². The summed E-state index contributed by atoms with van der Waals surface area (Å²) in [5.41, 5.74) is 6.46. The third kappa shape index (κ3) is 3.57. The van der Waals surface area contributed by atoms with Crippen molar-refractivity contribution in [2.45, 2.75) is 40.5 Å². The third-order valence-corrected chi connectivity index (χ3v) is 6.17. The van der Waals surface area contributed by atoms with Crippen LogP contribution in [0.1, 0.15) is 59.9 Å². The van der Waals surface area contributed by atoms with E-state index in [1.54, 1.807) is 0 Å². The minimum absolute atomic E-state index is 0.0733. The number of aromatic nitrogens is 1. The summed E-state index contributed by atoms with van der Waals surface area (Å²) in [5.74, 6) is -0.518. The Morgan fingerprint density at radius 3 is 2.45 bits per heavy atom. The second kappa shape index (κ2) is 7.14. The molecule has 0 saturated carbocycles. The average molecular weight is 386 g/mol. The van der Waals surface area contributed by atoms with E-state index in [0.29, 0.717) is 11.5 Å². The highest BCUT2D eigenvalue weighted by Gasteiger charge is 2.35. The molecule has 148 valence electrons. The zero-order valence-corrected chi connectivity index (χ0v) is 17.5. The summed E-state index contributed by atoms with van der Waals surface area (Å²) in [6, 6.07) is 15.9. The average Bonchev–Trinajstić information content (AvgIpc) is 2.67. The quantitative estimate of drug-likeness (QED) is 0.556. The number of pyridine rings is 1. The number of para-hydroxylation sites is 1. The highest BCUT2D eigenvalue weighted by molar-refractivity contribution is 6.06. The van der Waals surface area contributed by atoms with Gasteiger partial charge in [0.1, 0.15) is 0 Å². The van der Waals surface area contributed by atoms with Crippen molar-refractivity contribution >= 4 is 28.5 Å². The molecule has 4 rings (SSSR count). The molecular formula is C26H27NO2. The van der Waals surface area contributed by atoms with Gasteiger partial charge >= 0.3 is 5.97 Å². The number of hydrogen-bond donors (Lipinski definition) is 1. The van der Waals surface area contributed by atoms with Crippen LogP contribution in [0.2, 0.25) is 0 Å². The second-order valence-electron chi connectivity index (χ2n) is 9.13. The van der Waals surface area contributed by atoms with Crippen LogP contribution in [0.4, 0.5) is 0 Å². The molecule has 0 radical (unpaired) electrons. The Bertz CT molecular complexity index is 1140. The fourth-order valence-corrected chi connectivity index (χ4v) is 4.32. The summed E-state index contributed by atoms with van der Waals surface area (Å²) in [6.07, 6.45) is 3.85. The van der Waals surface area contributed by atoms with E-state index in [1.165, 1.54) is 5.56 Å². The largest absolute Gasteiger partial charge is 0.478 e. The smallest absolute Gasteiger partial charge is 0.336 e. The molecule has 0 bridgehead atoms. The third-order valence-electron chi connectivity index (χ3n) is 6.17. The molecule has 1 aliphatic rings. The number of benzene rings is 2. The Morgan fingerprint density at radius 2 is 1.76 bits per heavy atom. The van der Waals surface area contributed by atoms with Crippen molar-refractivity contribution in [3.05, 3.63) is 76.5 Å². The number of carbonyl (C=O) groups is 1. The van der Waals surface area contributed by atoms with Crippen molar-refractivity contribution in [3.8, 4) is 0 Å². The van der Waals surface area contributed by atoms with Crippen LogP contribution in [0.15, 0.2) is 48.5 Å². The molecule has 3 heteroatoms. The first kappa shape index (κ1) is 19.4. The van der Waals surface area contributed by atoms with Crippen LogP contribution in [0.3, 0.4) is 0 Å². The molecule has 1 heterocycles. The van der Waals surface area contributed by atoms with Crippen LogP contribution in [0.5, 0.6) is 0 Å². The number of aromatic carboxylic acids is 1. The van der Waals surface area contributed by atoms with E-state index in [9.17, 15) is 9.90 Å². The molecule has 3 nitrogen and oxygen atoms in total. The van der Waals surface area contributed by atoms with Gasteiger partial charge in [0, 0.05) is 5.39 Å². The zero-order valence-electron chi connectivity index (χ0n) is 17.5.